The standard InChI is InChI=1S/C13H15N3O/c1-16-11(8-13(14)15-16)9-4-5-12-10(7-9)3-2-6-17-12/h4-5,7-8H,2-3,6H2,1H3,(H2,14,15). The van der Waals surface area contributed by atoms with Crippen molar-refractivity contribution in [1.29, 1.82) is 0 Å². The van der Waals surface area contributed by atoms with E-state index >= 15 is 0 Å². The molecule has 17 heavy (non-hydrogen) atoms. The lowest BCUT2D eigenvalue weighted by molar-refractivity contribution is 0.288. The largest absolute Gasteiger partial charge is 0.493 e. The van der Waals surface area contributed by atoms with E-state index in [9.17, 15) is 0 Å². The first-order valence-corrected chi connectivity index (χ1v) is 5.79. The molecule has 0 aliphatic carbocycles. The van der Waals surface area contributed by atoms with Crippen molar-refractivity contribution in [3.05, 3.63) is 29.8 Å². The maximum Gasteiger partial charge on any atom is 0.146 e. The molecule has 0 saturated heterocycles. The van der Waals surface area contributed by atoms with E-state index in [-0.39, 0.29) is 0 Å². The molecule has 1 aliphatic heterocycles. The normalized spacial score (nSPS) is 14.2. The summed E-state index contributed by atoms with van der Waals surface area (Å²) in [5, 5.41) is 4.16. The summed E-state index contributed by atoms with van der Waals surface area (Å²) < 4.78 is 7.41. The minimum Gasteiger partial charge on any atom is -0.493 e. The van der Waals surface area contributed by atoms with Crippen LogP contribution in [0.4, 0.5) is 5.82 Å². The Hall–Kier alpha value is -1.97. The quantitative estimate of drug-likeness (QED) is 0.813. The maximum absolute atomic E-state index is 5.70. The molecule has 2 heterocycles. The highest BCUT2D eigenvalue weighted by Crippen LogP contribution is 2.30. The van der Waals surface area contributed by atoms with Crippen LogP contribution in [0.25, 0.3) is 11.3 Å². The van der Waals surface area contributed by atoms with Gasteiger partial charge in [0, 0.05) is 18.7 Å². The van der Waals surface area contributed by atoms with Gasteiger partial charge in [-0.05, 0) is 36.6 Å². The van der Waals surface area contributed by atoms with E-state index in [0.29, 0.717) is 5.82 Å². The van der Waals surface area contributed by atoms with E-state index in [1.807, 2.05) is 19.2 Å². The molecule has 0 fully saturated rings. The second-order valence-electron chi connectivity index (χ2n) is 4.35. The number of hydrogen-bond acceptors (Lipinski definition) is 3. The molecule has 1 aromatic carbocycles. The number of ether oxygens (including phenoxy) is 1. The van der Waals surface area contributed by atoms with Gasteiger partial charge in [0.15, 0.2) is 0 Å². The van der Waals surface area contributed by atoms with Crippen LogP contribution in [0.15, 0.2) is 24.3 Å². The van der Waals surface area contributed by atoms with Crippen LogP contribution in [0.5, 0.6) is 5.75 Å². The van der Waals surface area contributed by atoms with Gasteiger partial charge in [-0.1, -0.05) is 0 Å². The number of nitrogens with two attached hydrogens (primary N) is 1. The lowest BCUT2D eigenvalue weighted by Crippen LogP contribution is -2.08. The summed E-state index contributed by atoms with van der Waals surface area (Å²) in [6.07, 6.45) is 2.17. The van der Waals surface area contributed by atoms with Crippen LogP contribution in [0.3, 0.4) is 0 Å². The number of benzene rings is 1. The number of fused-ring (bicyclic) bond motifs is 1. The van der Waals surface area contributed by atoms with E-state index in [1.54, 1.807) is 4.68 Å². The second kappa shape index (κ2) is 3.80. The third kappa shape index (κ3) is 1.75. The number of rotatable bonds is 1. The second-order valence-corrected chi connectivity index (χ2v) is 4.35. The highest BCUT2D eigenvalue weighted by Gasteiger charge is 2.13. The minimum atomic E-state index is 0.552. The third-order valence-electron chi connectivity index (χ3n) is 3.10. The van der Waals surface area contributed by atoms with Gasteiger partial charge in [0.25, 0.3) is 0 Å². The van der Waals surface area contributed by atoms with E-state index in [4.69, 9.17) is 10.5 Å². The summed E-state index contributed by atoms with van der Waals surface area (Å²) >= 11 is 0. The molecule has 0 amide bonds. The van der Waals surface area contributed by atoms with Crippen LogP contribution in [0.2, 0.25) is 0 Å². The van der Waals surface area contributed by atoms with Gasteiger partial charge >= 0.3 is 0 Å². The molecule has 4 heteroatoms. The lowest BCUT2D eigenvalue weighted by atomic mass is 10.0. The molecule has 2 aromatic rings. The summed E-state index contributed by atoms with van der Waals surface area (Å²) in [5.74, 6) is 1.56. The zero-order chi connectivity index (χ0) is 11.8. The number of hydrogen-bond donors (Lipinski definition) is 1. The molecule has 1 aromatic heterocycles. The van der Waals surface area contributed by atoms with Crippen LogP contribution in [0, 0.1) is 0 Å². The summed E-state index contributed by atoms with van der Waals surface area (Å²) in [6.45, 7) is 0.824. The Morgan fingerprint density at radius 2 is 2.24 bits per heavy atom. The maximum atomic E-state index is 5.70. The molecule has 0 radical (unpaired) electrons. The van der Waals surface area contributed by atoms with Crippen molar-refractivity contribution in [3.63, 3.8) is 0 Å². The molecule has 88 valence electrons. The Kier molecular flexibility index (Phi) is 2.28. The van der Waals surface area contributed by atoms with E-state index < -0.39 is 0 Å². The SMILES string of the molecule is Cn1nc(N)cc1-c1ccc2c(c1)CCCO2. The van der Waals surface area contributed by atoms with Crippen LogP contribution >= 0.6 is 0 Å². The molecule has 1 aliphatic rings. The zero-order valence-corrected chi connectivity index (χ0v) is 9.81. The van der Waals surface area contributed by atoms with Crippen molar-refractivity contribution in [2.24, 2.45) is 7.05 Å². The van der Waals surface area contributed by atoms with Gasteiger partial charge in [0.05, 0.1) is 12.3 Å². The van der Waals surface area contributed by atoms with Gasteiger partial charge in [0.1, 0.15) is 11.6 Å². The Balaban J connectivity index is 2.06. The van der Waals surface area contributed by atoms with E-state index in [1.165, 1.54) is 5.56 Å². The fourth-order valence-electron chi connectivity index (χ4n) is 2.28. The summed E-state index contributed by atoms with van der Waals surface area (Å²) in [7, 11) is 1.90. The Bertz CT molecular complexity index is 560. The topological polar surface area (TPSA) is 53.1 Å². The van der Waals surface area contributed by atoms with Crippen molar-refractivity contribution < 1.29 is 4.74 Å². The van der Waals surface area contributed by atoms with E-state index in [0.717, 1.165) is 36.5 Å². The molecular weight excluding hydrogens is 214 g/mol. The van der Waals surface area contributed by atoms with Crippen molar-refractivity contribution >= 4 is 5.82 Å². The molecular formula is C13H15N3O. The molecule has 0 spiro atoms. The van der Waals surface area contributed by atoms with Gasteiger partial charge in [-0.3, -0.25) is 4.68 Å². The van der Waals surface area contributed by atoms with Gasteiger partial charge in [-0.15, -0.1) is 0 Å². The first-order valence-electron chi connectivity index (χ1n) is 5.79. The highest BCUT2D eigenvalue weighted by atomic mass is 16.5. The number of anilines is 1. The fourth-order valence-corrected chi connectivity index (χ4v) is 2.28. The molecule has 2 N–H and O–H groups in total. The molecule has 0 bridgehead atoms. The average Bonchev–Trinajstić information content (AvgIpc) is 2.68. The van der Waals surface area contributed by atoms with Crippen LogP contribution in [0.1, 0.15) is 12.0 Å². The Labute approximate surface area is 100 Å². The molecule has 0 unspecified atom stereocenters. The van der Waals surface area contributed by atoms with Gasteiger partial charge in [-0.25, -0.2) is 0 Å². The first-order chi connectivity index (χ1) is 8.24. The highest BCUT2D eigenvalue weighted by molar-refractivity contribution is 5.65. The number of aromatic nitrogens is 2. The minimum absolute atomic E-state index is 0.552. The molecule has 0 atom stereocenters. The molecule has 3 rings (SSSR count). The van der Waals surface area contributed by atoms with Crippen molar-refractivity contribution in [1.82, 2.24) is 9.78 Å². The van der Waals surface area contributed by atoms with Crippen molar-refractivity contribution in [2.45, 2.75) is 12.8 Å². The van der Waals surface area contributed by atoms with E-state index in [2.05, 4.69) is 17.2 Å². The molecule has 4 nitrogen and oxygen atoms in total. The number of aryl methyl sites for hydroxylation is 2. The Morgan fingerprint density at radius 1 is 1.35 bits per heavy atom. The monoisotopic (exact) mass is 229 g/mol. The predicted molar refractivity (Wildman–Crippen MR) is 66.9 cm³/mol. The van der Waals surface area contributed by atoms with Crippen molar-refractivity contribution in [2.75, 3.05) is 12.3 Å². The van der Waals surface area contributed by atoms with Crippen molar-refractivity contribution in [3.8, 4) is 17.0 Å². The van der Waals surface area contributed by atoms with Gasteiger partial charge < -0.3 is 10.5 Å². The Morgan fingerprint density at radius 3 is 3.00 bits per heavy atom. The van der Waals surface area contributed by atoms with Gasteiger partial charge in [0.2, 0.25) is 0 Å². The average molecular weight is 229 g/mol. The zero-order valence-electron chi connectivity index (χ0n) is 9.81. The van der Waals surface area contributed by atoms with Crippen LogP contribution in [-0.2, 0) is 13.5 Å². The number of nitrogens with zero attached hydrogens (tertiary/aromatic N) is 2. The smallest absolute Gasteiger partial charge is 0.146 e. The summed E-state index contributed by atoms with van der Waals surface area (Å²) in [5.41, 5.74) is 9.15. The fraction of sp³-hybridized carbons (Fsp3) is 0.308. The van der Waals surface area contributed by atoms with Crippen LogP contribution in [-0.4, -0.2) is 16.4 Å². The van der Waals surface area contributed by atoms with Crippen LogP contribution < -0.4 is 10.5 Å². The first kappa shape index (κ1) is 10.2. The van der Waals surface area contributed by atoms with Gasteiger partial charge in [-0.2, -0.15) is 5.10 Å². The number of nitrogen functional groups attached to an aromatic ring is 1. The lowest BCUT2D eigenvalue weighted by Gasteiger charge is -2.17. The summed E-state index contributed by atoms with van der Waals surface area (Å²) in [6, 6.07) is 8.16. The summed E-state index contributed by atoms with van der Waals surface area (Å²) in [4.78, 5) is 0. The molecule has 0 saturated carbocycles. The third-order valence-corrected chi connectivity index (χ3v) is 3.10. The predicted octanol–water partition coefficient (Wildman–Crippen LogP) is 1.99.